The molecule has 2 N–H and O–H groups in total. The lowest BCUT2D eigenvalue weighted by Gasteiger charge is -2.36. The molecular weight excluding hydrogens is 497 g/mol. The molecule has 1 aliphatic carbocycles. The van der Waals surface area contributed by atoms with E-state index in [9.17, 15) is 18.0 Å². The van der Waals surface area contributed by atoms with Gasteiger partial charge in [-0.3, -0.25) is 9.48 Å². The van der Waals surface area contributed by atoms with Crippen LogP contribution in [0.25, 0.3) is 0 Å². The summed E-state index contributed by atoms with van der Waals surface area (Å²) in [5.41, 5.74) is 0.503. The summed E-state index contributed by atoms with van der Waals surface area (Å²) < 4.78 is 42.9. The summed E-state index contributed by atoms with van der Waals surface area (Å²) in [6.45, 7) is 2.58. The average Bonchev–Trinajstić information content (AvgIpc) is 3.26. The Kier molecular flexibility index (Phi) is 7.52. The highest BCUT2D eigenvalue weighted by Crippen LogP contribution is 2.40. The number of carbonyl (C=O) groups excluding carboxylic acids is 1. The van der Waals surface area contributed by atoms with E-state index in [0.29, 0.717) is 36.8 Å². The first-order chi connectivity index (χ1) is 18.1. The number of amides is 1. The van der Waals surface area contributed by atoms with Crippen LogP contribution in [0.5, 0.6) is 0 Å². The van der Waals surface area contributed by atoms with Gasteiger partial charge in [0.05, 0.1) is 17.4 Å². The molecule has 9 nitrogen and oxygen atoms in total. The minimum atomic E-state index is -4.59. The summed E-state index contributed by atoms with van der Waals surface area (Å²) in [7, 11) is 3.94. The van der Waals surface area contributed by atoms with Gasteiger partial charge in [-0.1, -0.05) is 6.42 Å². The Hall–Kier alpha value is -2.89. The lowest BCUT2D eigenvalue weighted by atomic mass is 9.84. The lowest BCUT2D eigenvalue weighted by Crippen LogP contribution is -2.40. The number of rotatable bonds is 9. The molecule has 1 saturated carbocycles. The maximum atomic E-state index is 13.6. The molecule has 1 amide bonds. The Morgan fingerprint density at radius 3 is 2.50 bits per heavy atom. The van der Waals surface area contributed by atoms with E-state index in [2.05, 4.69) is 32.5 Å². The highest BCUT2D eigenvalue weighted by Gasteiger charge is 2.39. The van der Waals surface area contributed by atoms with E-state index in [0.717, 1.165) is 44.0 Å². The fourth-order valence-electron chi connectivity index (χ4n) is 5.89. The molecule has 38 heavy (non-hydrogen) atoms. The van der Waals surface area contributed by atoms with Gasteiger partial charge in [-0.05, 0) is 58.9 Å². The van der Waals surface area contributed by atoms with Crippen LogP contribution in [-0.2, 0) is 11.0 Å². The van der Waals surface area contributed by atoms with Crippen molar-refractivity contribution in [2.45, 2.75) is 82.6 Å². The smallest absolute Gasteiger partial charge is 0.369 e. The van der Waals surface area contributed by atoms with Crippen LogP contribution < -0.4 is 10.6 Å². The van der Waals surface area contributed by atoms with E-state index in [4.69, 9.17) is 5.10 Å². The lowest BCUT2D eigenvalue weighted by molar-refractivity contribution is -0.137. The van der Waals surface area contributed by atoms with Crippen LogP contribution in [0.2, 0.25) is 0 Å². The zero-order valence-corrected chi connectivity index (χ0v) is 22.3. The molecule has 2 bridgehead atoms. The van der Waals surface area contributed by atoms with Crippen molar-refractivity contribution in [3.05, 3.63) is 23.7 Å². The first-order valence-electron chi connectivity index (χ1n) is 13.6. The summed E-state index contributed by atoms with van der Waals surface area (Å²) in [6, 6.07) is 1.45. The van der Waals surface area contributed by atoms with Gasteiger partial charge < -0.3 is 20.4 Å². The molecule has 0 spiro atoms. The van der Waals surface area contributed by atoms with E-state index in [1.807, 2.05) is 17.8 Å². The van der Waals surface area contributed by atoms with Crippen molar-refractivity contribution >= 4 is 23.4 Å². The quantitative estimate of drug-likeness (QED) is 0.455. The summed E-state index contributed by atoms with van der Waals surface area (Å²) >= 11 is 0. The second-order valence-electron chi connectivity index (χ2n) is 11.0. The molecule has 0 aromatic carbocycles. The predicted octanol–water partition coefficient (Wildman–Crippen LogP) is 4.60. The van der Waals surface area contributed by atoms with Crippen molar-refractivity contribution < 1.29 is 18.0 Å². The SMILES string of the molecule is Cc1nn(C2CC3CCC(C2)N3C)cc1Nc1ncc(C(F)(F)F)c(NCCCN(C)C(=O)C2CCC2)n1. The fourth-order valence-corrected chi connectivity index (χ4v) is 5.89. The number of alkyl halides is 3. The van der Waals surface area contributed by atoms with Crippen LogP contribution in [0.15, 0.2) is 12.4 Å². The van der Waals surface area contributed by atoms with Gasteiger partial charge in [-0.15, -0.1) is 0 Å². The third kappa shape index (κ3) is 5.60. The van der Waals surface area contributed by atoms with Gasteiger partial charge in [-0.25, -0.2) is 4.98 Å². The fraction of sp³-hybridized carbons (Fsp3) is 0.692. The van der Waals surface area contributed by atoms with Crippen LogP contribution in [0.3, 0.4) is 0 Å². The van der Waals surface area contributed by atoms with Crippen molar-refractivity contribution in [3.8, 4) is 0 Å². The monoisotopic (exact) mass is 534 g/mol. The number of anilines is 3. The Morgan fingerprint density at radius 1 is 1.16 bits per heavy atom. The second-order valence-corrected chi connectivity index (χ2v) is 11.0. The maximum absolute atomic E-state index is 13.6. The molecule has 3 aliphatic rings. The number of aryl methyl sites for hydroxylation is 1. The second kappa shape index (κ2) is 10.7. The molecule has 2 saturated heterocycles. The number of hydrogen-bond acceptors (Lipinski definition) is 7. The minimum Gasteiger partial charge on any atom is -0.369 e. The number of piperidine rings is 1. The molecule has 2 aromatic rings. The van der Waals surface area contributed by atoms with Crippen molar-refractivity contribution in [3.63, 3.8) is 0 Å². The normalized spacial score (nSPS) is 23.8. The zero-order chi connectivity index (χ0) is 27.0. The first kappa shape index (κ1) is 26.7. The molecule has 0 radical (unpaired) electrons. The Morgan fingerprint density at radius 2 is 1.87 bits per heavy atom. The van der Waals surface area contributed by atoms with Crippen molar-refractivity contribution in [2.24, 2.45) is 5.92 Å². The topological polar surface area (TPSA) is 91.2 Å². The molecule has 2 atom stereocenters. The van der Waals surface area contributed by atoms with Gasteiger partial charge in [0.25, 0.3) is 0 Å². The van der Waals surface area contributed by atoms with Crippen LogP contribution in [0.1, 0.15) is 68.7 Å². The number of carbonyl (C=O) groups is 1. The Balaban J connectivity index is 1.23. The van der Waals surface area contributed by atoms with Crippen LogP contribution >= 0.6 is 0 Å². The highest BCUT2D eigenvalue weighted by atomic mass is 19.4. The van der Waals surface area contributed by atoms with Gasteiger partial charge in [-0.2, -0.15) is 23.3 Å². The Bertz CT molecular complexity index is 1130. The molecular formula is C26H37F3N8O. The van der Waals surface area contributed by atoms with Crippen LogP contribution in [0.4, 0.5) is 30.6 Å². The molecule has 2 unspecified atom stereocenters. The number of fused-ring (bicyclic) bond motifs is 2. The molecule has 4 heterocycles. The van der Waals surface area contributed by atoms with E-state index in [-0.39, 0.29) is 30.1 Å². The maximum Gasteiger partial charge on any atom is 0.421 e. The van der Waals surface area contributed by atoms with Gasteiger partial charge in [0.15, 0.2) is 0 Å². The largest absolute Gasteiger partial charge is 0.421 e. The predicted molar refractivity (Wildman–Crippen MR) is 138 cm³/mol. The number of hydrogen-bond donors (Lipinski definition) is 2. The van der Waals surface area contributed by atoms with E-state index in [1.54, 1.807) is 11.9 Å². The number of halogens is 3. The summed E-state index contributed by atoms with van der Waals surface area (Å²) in [5.74, 6) is 0.0102. The van der Waals surface area contributed by atoms with Crippen molar-refractivity contribution in [1.29, 1.82) is 0 Å². The summed E-state index contributed by atoms with van der Waals surface area (Å²) in [6.07, 6.45) is 6.06. The number of nitrogens with one attached hydrogen (secondary N) is 2. The molecule has 3 fully saturated rings. The van der Waals surface area contributed by atoms with Gasteiger partial charge >= 0.3 is 6.18 Å². The third-order valence-corrected chi connectivity index (χ3v) is 8.50. The summed E-state index contributed by atoms with van der Waals surface area (Å²) in [5, 5.41) is 10.6. The molecule has 2 aromatic heterocycles. The molecule has 5 rings (SSSR count). The molecule has 2 aliphatic heterocycles. The van der Waals surface area contributed by atoms with Crippen LogP contribution in [-0.4, -0.2) is 74.7 Å². The highest BCUT2D eigenvalue weighted by molar-refractivity contribution is 5.79. The molecule has 208 valence electrons. The van der Waals surface area contributed by atoms with E-state index in [1.165, 1.54) is 12.8 Å². The van der Waals surface area contributed by atoms with E-state index >= 15 is 0 Å². The van der Waals surface area contributed by atoms with Gasteiger partial charge in [0.2, 0.25) is 11.9 Å². The third-order valence-electron chi connectivity index (χ3n) is 8.50. The number of nitrogens with zero attached hydrogens (tertiary/aromatic N) is 6. The zero-order valence-electron chi connectivity index (χ0n) is 22.3. The summed E-state index contributed by atoms with van der Waals surface area (Å²) in [4.78, 5) is 24.5. The standard InChI is InChI=1S/C26H37F3N8O/c1-16-22(15-37(34-16)20-12-18-8-9-19(13-20)36(18)3)32-25-31-14-21(26(27,28)29)23(33-25)30-10-5-11-35(2)24(38)17-6-4-7-17/h14-15,17-20H,4-13H2,1-3H3,(H2,30,31,32,33). The van der Waals surface area contributed by atoms with Gasteiger partial charge in [0.1, 0.15) is 11.4 Å². The number of aromatic nitrogens is 4. The van der Waals surface area contributed by atoms with Gasteiger partial charge in [0, 0.05) is 50.5 Å². The van der Waals surface area contributed by atoms with Crippen LogP contribution in [0, 0.1) is 12.8 Å². The Labute approximate surface area is 221 Å². The average molecular weight is 535 g/mol. The minimum absolute atomic E-state index is 0.0730. The first-order valence-corrected chi connectivity index (χ1v) is 13.6. The van der Waals surface area contributed by atoms with Crippen molar-refractivity contribution in [1.82, 2.24) is 29.5 Å². The van der Waals surface area contributed by atoms with E-state index < -0.39 is 11.7 Å². The van der Waals surface area contributed by atoms with Crippen molar-refractivity contribution in [2.75, 3.05) is 37.8 Å². The molecule has 12 heteroatoms.